The standard InChI is InChI=1S/C18H14ClF3N4/c19-14-7-6-13(18(20,21)22)10-15(14)25-16-8-9-23-17(26-16)24-11-12-4-2-1-3-5-12/h1-10H,11H2,(H2,23,24,25,26). The van der Waals surface area contributed by atoms with Crippen molar-refractivity contribution in [2.24, 2.45) is 0 Å². The lowest BCUT2D eigenvalue weighted by Gasteiger charge is -2.12. The van der Waals surface area contributed by atoms with E-state index < -0.39 is 11.7 Å². The van der Waals surface area contributed by atoms with Gasteiger partial charge in [0.1, 0.15) is 5.82 Å². The van der Waals surface area contributed by atoms with Gasteiger partial charge in [-0.3, -0.25) is 0 Å². The smallest absolute Gasteiger partial charge is 0.350 e. The molecule has 8 heteroatoms. The molecule has 0 atom stereocenters. The highest BCUT2D eigenvalue weighted by molar-refractivity contribution is 6.33. The average molecular weight is 379 g/mol. The molecule has 0 aliphatic carbocycles. The number of anilines is 3. The predicted octanol–water partition coefficient (Wildman–Crippen LogP) is 5.50. The van der Waals surface area contributed by atoms with Crippen LogP contribution in [0.5, 0.6) is 0 Å². The maximum Gasteiger partial charge on any atom is 0.416 e. The van der Waals surface area contributed by atoms with Crippen molar-refractivity contribution in [3.63, 3.8) is 0 Å². The predicted molar refractivity (Wildman–Crippen MR) is 95.5 cm³/mol. The van der Waals surface area contributed by atoms with Crippen LogP contribution in [0.15, 0.2) is 60.8 Å². The third kappa shape index (κ3) is 4.64. The number of nitrogens with zero attached hydrogens (tertiary/aromatic N) is 2. The molecular weight excluding hydrogens is 365 g/mol. The highest BCUT2D eigenvalue weighted by Gasteiger charge is 2.31. The molecule has 1 heterocycles. The molecule has 0 bridgehead atoms. The summed E-state index contributed by atoms with van der Waals surface area (Å²) in [5.41, 5.74) is 0.380. The van der Waals surface area contributed by atoms with E-state index in [4.69, 9.17) is 11.6 Å². The molecule has 4 nitrogen and oxygen atoms in total. The van der Waals surface area contributed by atoms with Crippen LogP contribution < -0.4 is 10.6 Å². The second kappa shape index (κ2) is 7.61. The molecule has 0 aliphatic rings. The quantitative estimate of drug-likeness (QED) is 0.615. The van der Waals surface area contributed by atoms with E-state index in [1.165, 1.54) is 12.3 Å². The van der Waals surface area contributed by atoms with Crippen LogP contribution in [0.4, 0.5) is 30.6 Å². The zero-order chi connectivity index (χ0) is 18.6. The molecule has 0 saturated heterocycles. The Kier molecular flexibility index (Phi) is 5.27. The Morgan fingerprint density at radius 3 is 2.50 bits per heavy atom. The number of hydrogen-bond donors (Lipinski definition) is 2. The van der Waals surface area contributed by atoms with E-state index in [2.05, 4.69) is 20.6 Å². The maximum absolute atomic E-state index is 12.9. The minimum Gasteiger partial charge on any atom is -0.350 e. The van der Waals surface area contributed by atoms with E-state index >= 15 is 0 Å². The summed E-state index contributed by atoms with van der Waals surface area (Å²) in [6, 6.07) is 14.3. The number of aromatic nitrogens is 2. The topological polar surface area (TPSA) is 49.8 Å². The Balaban J connectivity index is 1.75. The van der Waals surface area contributed by atoms with Crippen LogP contribution in [0, 0.1) is 0 Å². The monoisotopic (exact) mass is 378 g/mol. The zero-order valence-corrected chi connectivity index (χ0v) is 14.1. The van der Waals surface area contributed by atoms with E-state index in [9.17, 15) is 13.2 Å². The number of benzene rings is 2. The van der Waals surface area contributed by atoms with Crippen molar-refractivity contribution >= 4 is 29.1 Å². The fourth-order valence-electron chi connectivity index (χ4n) is 2.23. The van der Waals surface area contributed by atoms with Gasteiger partial charge in [-0.1, -0.05) is 41.9 Å². The number of nitrogens with one attached hydrogen (secondary N) is 2. The van der Waals surface area contributed by atoms with Crippen molar-refractivity contribution in [2.45, 2.75) is 12.7 Å². The zero-order valence-electron chi connectivity index (χ0n) is 13.4. The SMILES string of the molecule is FC(F)(F)c1ccc(Cl)c(Nc2ccnc(NCc3ccccc3)n2)c1. The first kappa shape index (κ1) is 18.0. The number of rotatable bonds is 5. The van der Waals surface area contributed by atoms with E-state index in [0.29, 0.717) is 18.3 Å². The summed E-state index contributed by atoms with van der Waals surface area (Å²) < 4.78 is 38.6. The molecule has 2 N–H and O–H groups in total. The van der Waals surface area contributed by atoms with E-state index in [0.717, 1.165) is 17.7 Å². The summed E-state index contributed by atoms with van der Waals surface area (Å²) >= 11 is 5.99. The van der Waals surface area contributed by atoms with E-state index in [-0.39, 0.29) is 10.7 Å². The summed E-state index contributed by atoms with van der Waals surface area (Å²) in [4.78, 5) is 8.34. The third-order valence-electron chi connectivity index (χ3n) is 3.51. The first-order chi connectivity index (χ1) is 12.4. The molecule has 0 saturated carbocycles. The Bertz CT molecular complexity index is 885. The van der Waals surface area contributed by atoms with Crippen molar-refractivity contribution in [1.29, 1.82) is 0 Å². The largest absolute Gasteiger partial charge is 0.416 e. The van der Waals surface area contributed by atoms with Crippen LogP contribution in [0.2, 0.25) is 5.02 Å². The second-order valence-electron chi connectivity index (χ2n) is 5.42. The molecule has 0 radical (unpaired) electrons. The van der Waals surface area contributed by atoms with E-state index in [1.54, 1.807) is 6.07 Å². The molecule has 0 spiro atoms. The van der Waals surface area contributed by atoms with Gasteiger partial charge < -0.3 is 10.6 Å². The van der Waals surface area contributed by atoms with Crippen LogP contribution in [0.1, 0.15) is 11.1 Å². The Morgan fingerprint density at radius 1 is 1.00 bits per heavy atom. The second-order valence-corrected chi connectivity index (χ2v) is 5.83. The van der Waals surface area contributed by atoms with Gasteiger partial charge in [0.25, 0.3) is 0 Å². The summed E-state index contributed by atoms with van der Waals surface area (Å²) in [6.45, 7) is 0.522. The van der Waals surface area contributed by atoms with Crippen molar-refractivity contribution < 1.29 is 13.2 Å². The minimum atomic E-state index is -4.45. The van der Waals surface area contributed by atoms with Gasteiger partial charge in [-0.2, -0.15) is 18.2 Å². The number of hydrogen-bond acceptors (Lipinski definition) is 4. The van der Waals surface area contributed by atoms with Gasteiger partial charge in [0.05, 0.1) is 16.3 Å². The van der Waals surface area contributed by atoms with Gasteiger partial charge in [0.15, 0.2) is 0 Å². The lowest BCUT2D eigenvalue weighted by atomic mass is 10.2. The third-order valence-corrected chi connectivity index (χ3v) is 3.84. The van der Waals surface area contributed by atoms with Crippen LogP contribution in [0.3, 0.4) is 0 Å². The van der Waals surface area contributed by atoms with Crippen molar-refractivity contribution in [2.75, 3.05) is 10.6 Å². The summed E-state index contributed by atoms with van der Waals surface area (Å²) in [5, 5.41) is 6.02. The molecule has 0 fully saturated rings. The maximum atomic E-state index is 12.9. The summed E-state index contributed by atoms with van der Waals surface area (Å²) in [7, 11) is 0. The summed E-state index contributed by atoms with van der Waals surface area (Å²) in [6.07, 6.45) is -2.95. The van der Waals surface area contributed by atoms with Crippen molar-refractivity contribution in [3.8, 4) is 0 Å². The molecule has 134 valence electrons. The lowest BCUT2D eigenvalue weighted by Crippen LogP contribution is -2.07. The van der Waals surface area contributed by atoms with E-state index in [1.807, 2.05) is 30.3 Å². The number of halogens is 4. The van der Waals surface area contributed by atoms with Gasteiger partial charge >= 0.3 is 6.18 Å². The first-order valence-electron chi connectivity index (χ1n) is 7.66. The summed E-state index contributed by atoms with van der Waals surface area (Å²) in [5.74, 6) is 0.679. The Labute approximate surface area is 153 Å². The van der Waals surface area contributed by atoms with Gasteiger partial charge in [-0.05, 0) is 29.8 Å². The first-order valence-corrected chi connectivity index (χ1v) is 8.04. The lowest BCUT2D eigenvalue weighted by molar-refractivity contribution is -0.137. The van der Waals surface area contributed by atoms with Crippen LogP contribution >= 0.6 is 11.6 Å². The van der Waals surface area contributed by atoms with Gasteiger partial charge in [0.2, 0.25) is 5.95 Å². The van der Waals surface area contributed by atoms with Crippen LogP contribution in [-0.2, 0) is 12.7 Å². The number of alkyl halides is 3. The van der Waals surface area contributed by atoms with Crippen LogP contribution in [0.25, 0.3) is 0 Å². The average Bonchev–Trinajstić information content (AvgIpc) is 2.62. The Hall–Kier alpha value is -2.80. The minimum absolute atomic E-state index is 0.120. The molecule has 1 aromatic heterocycles. The molecule has 2 aromatic carbocycles. The molecule has 3 rings (SSSR count). The van der Waals surface area contributed by atoms with Crippen molar-refractivity contribution in [1.82, 2.24) is 9.97 Å². The van der Waals surface area contributed by atoms with Crippen LogP contribution in [-0.4, -0.2) is 9.97 Å². The van der Waals surface area contributed by atoms with Gasteiger partial charge in [-0.25, -0.2) is 4.98 Å². The molecule has 0 amide bonds. The molecule has 3 aromatic rings. The van der Waals surface area contributed by atoms with Gasteiger partial charge in [0, 0.05) is 12.7 Å². The molecule has 0 aliphatic heterocycles. The highest BCUT2D eigenvalue weighted by Crippen LogP contribution is 2.34. The Morgan fingerprint density at radius 2 is 1.77 bits per heavy atom. The normalized spacial score (nSPS) is 11.2. The fraction of sp³-hybridized carbons (Fsp3) is 0.111. The highest BCUT2D eigenvalue weighted by atomic mass is 35.5. The molecule has 26 heavy (non-hydrogen) atoms. The molecule has 0 unspecified atom stereocenters. The van der Waals surface area contributed by atoms with Crippen molar-refractivity contribution in [3.05, 3.63) is 76.9 Å². The van der Waals surface area contributed by atoms with Gasteiger partial charge in [-0.15, -0.1) is 0 Å². The fourth-order valence-corrected chi connectivity index (χ4v) is 2.39. The molecular formula is C18H14ClF3N4.